The molecule has 1 unspecified atom stereocenters. The summed E-state index contributed by atoms with van der Waals surface area (Å²) in [6.45, 7) is 0. The van der Waals surface area contributed by atoms with E-state index in [-0.39, 0.29) is 5.84 Å². The van der Waals surface area contributed by atoms with E-state index in [0.29, 0.717) is 16.3 Å². The largest absolute Gasteiger partial charge is 0.466 e. The lowest BCUT2D eigenvalue weighted by Crippen LogP contribution is -2.62. The summed E-state index contributed by atoms with van der Waals surface area (Å²) >= 11 is 5.85. The van der Waals surface area contributed by atoms with Gasteiger partial charge in [-0.3, -0.25) is 5.01 Å². The van der Waals surface area contributed by atoms with Crippen molar-refractivity contribution >= 4 is 29.1 Å². The number of alkyl halides is 3. The summed E-state index contributed by atoms with van der Waals surface area (Å²) in [7, 11) is 0.875. The Morgan fingerprint density at radius 3 is 2.31 bits per heavy atom. The number of carbonyl (C=O) groups is 1. The molecule has 0 amide bonds. The number of hydrogen-bond donors (Lipinski definition) is 1. The highest BCUT2D eigenvalue weighted by Crippen LogP contribution is 2.38. The van der Waals surface area contributed by atoms with Gasteiger partial charge in [-0.1, -0.05) is 29.8 Å². The Bertz CT molecular complexity index is 841. The number of nitrogens with zero attached hydrogens (tertiary/aromatic N) is 2. The van der Waals surface area contributed by atoms with E-state index in [1.54, 1.807) is 30.3 Å². The first-order valence-corrected chi connectivity index (χ1v) is 7.80. The summed E-state index contributed by atoms with van der Waals surface area (Å²) in [5, 5.41) is 1.52. The Labute approximate surface area is 152 Å². The van der Waals surface area contributed by atoms with Gasteiger partial charge >= 0.3 is 17.8 Å². The van der Waals surface area contributed by atoms with Gasteiger partial charge in [0.25, 0.3) is 0 Å². The molecule has 0 aromatic heterocycles. The van der Waals surface area contributed by atoms with E-state index in [4.69, 9.17) is 11.6 Å². The van der Waals surface area contributed by atoms with Gasteiger partial charge in [-0.2, -0.15) is 18.6 Å². The molecule has 136 valence electrons. The highest BCUT2D eigenvalue weighted by Gasteiger charge is 2.66. The molecule has 26 heavy (non-hydrogen) atoms. The van der Waals surface area contributed by atoms with Crippen molar-refractivity contribution in [2.24, 2.45) is 4.99 Å². The Balaban J connectivity index is 2.18. The Kier molecular flexibility index (Phi) is 4.64. The van der Waals surface area contributed by atoms with Crippen LogP contribution in [0.25, 0.3) is 0 Å². The van der Waals surface area contributed by atoms with Crippen LogP contribution >= 0.6 is 11.6 Å². The molecule has 1 atom stereocenters. The lowest BCUT2D eigenvalue weighted by Gasteiger charge is -2.29. The van der Waals surface area contributed by atoms with E-state index in [1.165, 1.54) is 24.3 Å². The van der Waals surface area contributed by atoms with Crippen molar-refractivity contribution in [1.82, 2.24) is 5.43 Å². The van der Waals surface area contributed by atoms with Crippen molar-refractivity contribution in [2.75, 3.05) is 12.1 Å². The molecule has 0 aliphatic carbocycles. The van der Waals surface area contributed by atoms with Crippen molar-refractivity contribution in [1.29, 1.82) is 0 Å². The van der Waals surface area contributed by atoms with Gasteiger partial charge in [-0.15, -0.1) is 0 Å². The van der Waals surface area contributed by atoms with Gasteiger partial charge in [0.05, 0.1) is 12.8 Å². The third-order valence-electron chi connectivity index (χ3n) is 3.77. The number of rotatable bonds is 3. The number of aliphatic imine (C=N–C) groups is 1. The van der Waals surface area contributed by atoms with Crippen molar-refractivity contribution in [2.45, 2.75) is 11.8 Å². The van der Waals surface area contributed by atoms with Crippen LogP contribution in [0.15, 0.2) is 59.6 Å². The number of nitrogens with one attached hydrogen (secondary N) is 1. The Hall–Kier alpha value is -2.58. The zero-order valence-electron chi connectivity index (χ0n) is 13.4. The lowest BCUT2D eigenvalue weighted by molar-refractivity contribution is -0.208. The SMILES string of the molecule is COC(=O)C1(C(F)(F)F)N=C(c2ccc(Cl)cc2)N(c2ccccc2)N1. The van der Waals surface area contributed by atoms with Crippen molar-refractivity contribution in [3.63, 3.8) is 0 Å². The first-order chi connectivity index (χ1) is 12.3. The van der Waals surface area contributed by atoms with Crippen LogP contribution in [-0.2, 0) is 9.53 Å². The molecular formula is C17H13ClF3N3O2. The lowest BCUT2D eigenvalue weighted by atomic mass is 10.1. The van der Waals surface area contributed by atoms with Crippen LogP contribution in [0.3, 0.4) is 0 Å². The molecule has 2 aromatic rings. The van der Waals surface area contributed by atoms with Crippen molar-refractivity contribution in [3.05, 3.63) is 65.2 Å². The zero-order chi connectivity index (χ0) is 18.9. The average Bonchev–Trinajstić information content (AvgIpc) is 3.04. The summed E-state index contributed by atoms with van der Waals surface area (Å²) < 4.78 is 45.7. The maximum Gasteiger partial charge on any atom is 0.440 e. The number of para-hydroxylation sites is 1. The molecule has 0 saturated heterocycles. The summed E-state index contributed by atoms with van der Waals surface area (Å²) in [4.78, 5) is 15.7. The number of halogens is 4. The molecule has 3 rings (SSSR count). The summed E-state index contributed by atoms with van der Waals surface area (Å²) in [5.41, 5.74) is -0.352. The summed E-state index contributed by atoms with van der Waals surface area (Å²) in [5.74, 6) is -1.65. The van der Waals surface area contributed by atoms with Gasteiger partial charge < -0.3 is 4.74 Å². The van der Waals surface area contributed by atoms with Crippen LogP contribution in [-0.4, -0.2) is 30.8 Å². The molecule has 0 bridgehead atoms. The highest BCUT2D eigenvalue weighted by atomic mass is 35.5. The van der Waals surface area contributed by atoms with Gasteiger partial charge in [0.1, 0.15) is 0 Å². The number of hydrazine groups is 1. The quantitative estimate of drug-likeness (QED) is 0.824. The Morgan fingerprint density at radius 1 is 1.15 bits per heavy atom. The number of carbonyl (C=O) groups excluding carboxylic acids is 1. The first-order valence-electron chi connectivity index (χ1n) is 7.42. The third kappa shape index (κ3) is 3.02. The number of methoxy groups -OCH3 is 1. The minimum absolute atomic E-state index is 0.0874. The standard InChI is InChI=1S/C17H13ClF3N3O2/c1-26-15(25)16(17(19,20)21)22-14(11-7-9-12(18)10-8-11)24(23-16)13-5-3-2-4-6-13/h2-10,23H,1H3. The average molecular weight is 384 g/mol. The molecule has 0 saturated carbocycles. The normalized spacial score (nSPS) is 20.0. The van der Waals surface area contributed by atoms with Crippen LogP contribution in [0.1, 0.15) is 5.56 Å². The van der Waals surface area contributed by atoms with E-state index in [2.05, 4.69) is 15.2 Å². The molecule has 0 fully saturated rings. The summed E-state index contributed by atoms with van der Waals surface area (Å²) in [6, 6.07) is 14.3. The van der Waals surface area contributed by atoms with Crippen LogP contribution in [0.4, 0.5) is 18.9 Å². The predicted octanol–water partition coefficient (Wildman–Crippen LogP) is 3.54. The number of amidine groups is 1. The minimum atomic E-state index is -5.03. The second-order valence-electron chi connectivity index (χ2n) is 5.42. The summed E-state index contributed by atoms with van der Waals surface area (Å²) in [6.07, 6.45) is -5.03. The van der Waals surface area contributed by atoms with Gasteiger partial charge in [0.2, 0.25) is 0 Å². The van der Waals surface area contributed by atoms with Gasteiger partial charge in [0.15, 0.2) is 5.84 Å². The van der Waals surface area contributed by atoms with E-state index in [0.717, 1.165) is 12.1 Å². The van der Waals surface area contributed by atoms with Crippen LogP contribution in [0, 0.1) is 0 Å². The first kappa shape index (κ1) is 18.2. The van der Waals surface area contributed by atoms with Gasteiger partial charge in [-0.05, 0) is 36.4 Å². The maximum atomic E-state index is 13.8. The van der Waals surface area contributed by atoms with Crippen LogP contribution < -0.4 is 10.4 Å². The number of ether oxygens (including phenoxy) is 1. The molecule has 1 heterocycles. The third-order valence-corrected chi connectivity index (χ3v) is 4.02. The molecule has 1 aliphatic heterocycles. The van der Waals surface area contributed by atoms with E-state index >= 15 is 0 Å². The van der Waals surface area contributed by atoms with E-state index < -0.39 is 17.8 Å². The molecular weight excluding hydrogens is 371 g/mol. The topological polar surface area (TPSA) is 53.9 Å². The maximum absolute atomic E-state index is 13.8. The molecule has 9 heteroatoms. The van der Waals surface area contributed by atoms with E-state index in [9.17, 15) is 18.0 Å². The van der Waals surface area contributed by atoms with Crippen LogP contribution in [0.5, 0.6) is 0 Å². The second kappa shape index (κ2) is 6.62. The fourth-order valence-corrected chi connectivity index (χ4v) is 2.61. The van der Waals surface area contributed by atoms with Crippen molar-refractivity contribution in [3.8, 4) is 0 Å². The fourth-order valence-electron chi connectivity index (χ4n) is 2.49. The number of hydrogen-bond acceptors (Lipinski definition) is 5. The van der Waals surface area contributed by atoms with Crippen molar-refractivity contribution < 1.29 is 22.7 Å². The predicted molar refractivity (Wildman–Crippen MR) is 90.8 cm³/mol. The number of anilines is 1. The minimum Gasteiger partial charge on any atom is -0.466 e. The second-order valence-corrected chi connectivity index (χ2v) is 5.86. The molecule has 2 aromatic carbocycles. The van der Waals surface area contributed by atoms with E-state index in [1.807, 2.05) is 0 Å². The smallest absolute Gasteiger partial charge is 0.440 e. The Morgan fingerprint density at radius 2 is 1.77 bits per heavy atom. The number of benzene rings is 2. The number of esters is 1. The van der Waals surface area contributed by atoms with Gasteiger partial charge in [-0.25, -0.2) is 9.79 Å². The molecule has 5 nitrogen and oxygen atoms in total. The van der Waals surface area contributed by atoms with Crippen LogP contribution in [0.2, 0.25) is 5.02 Å². The molecule has 0 radical (unpaired) electrons. The monoisotopic (exact) mass is 383 g/mol. The van der Waals surface area contributed by atoms with Gasteiger partial charge in [0, 0.05) is 10.6 Å². The fraction of sp³-hybridized carbons (Fsp3) is 0.176. The zero-order valence-corrected chi connectivity index (χ0v) is 14.2. The molecule has 0 spiro atoms. The molecule has 1 N–H and O–H groups in total. The highest BCUT2D eigenvalue weighted by molar-refractivity contribution is 6.30. The molecule has 1 aliphatic rings.